The number of halogens is 3. The number of benzene rings is 3. The summed E-state index contributed by atoms with van der Waals surface area (Å²) in [6.07, 6.45) is -4.05. The summed E-state index contributed by atoms with van der Waals surface area (Å²) in [4.78, 5) is 14.4. The van der Waals surface area contributed by atoms with Gasteiger partial charge in [-0.3, -0.25) is 4.79 Å². The van der Waals surface area contributed by atoms with E-state index in [-0.39, 0.29) is 32.1 Å². The van der Waals surface area contributed by atoms with Crippen molar-refractivity contribution in [3.8, 4) is 0 Å². The van der Waals surface area contributed by atoms with Gasteiger partial charge in [-0.25, -0.2) is 8.42 Å². The Morgan fingerprint density at radius 3 is 2.15 bits per heavy atom. The van der Waals surface area contributed by atoms with Crippen LogP contribution < -0.4 is 0 Å². The van der Waals surface area contributed by atoms with E-state index < -0.39 is 26.7 Å². The molecule has 9 heteroatoms. The molecule has 1 heterocycles. The van der Waals surface area contributed by atoms with Gasteiger partial charge in [0.15, 0.2) is 0 Å². The summed E-state index contributed by atoms with van der Waals surface area (Å²) in [6, 6.07) is 20.8. The normalized spacial score (nSPS) is 15.3. The van der Waals surface area contributed by atoms with E-state index in [1.807, 2.05) is 42.5 Å². The van der Waals surface area contributed by atoms with Gasteiger partial charge < -0.3 is 4.90 Å². The fraction of sp³-hybridized carbons (Fsp3) is 0.240. The lowest BCUT2D eigenvalue weighted by Gasteiger charge is -2.34. The molecule has 4 rings (SSSR count). The Labute approximate surface area is 196 Å². The molecule has 5 nitrogen and oxygen atoms in total. The number of carbonyl (C=O) groups is 1. The highest BCUT2D eigenvalue weighted by atomic mass is 32.2. The highest BCUT2D eigenvalue weighted by molar-refractivity contribution is 7.89. The van der Waals surface area contributed by atoms with E-state index in [9.17, 15) is 26.4 Å². The number of amides is 1. The molecule has 0 aromatic heterocycles. The number of hydrogen-bond acceptors (Lipinski definition) is 3. The van der Waals surface area contributed by atoms with Crippen molar-refractivity contribution in [3.05, 3.63) is 101 Å². The lowest BCUT2D eigenvalue weighted by Crippen LogP contribution is -2.50. The lowest BCUT2D eigenvalue weighted by atomic mass is 9.99. The zero-order chi connectivity index (χ0) is 24.3. The van der Waals surface area contributed by atoms with E-state index in [1.54, 1.807) is 17.0 Å². The third-order valence-corrected chi connectivity index (χ3v) is 7.70. The smallest absolute Gasteiger partial charge is 0.336 e. The van der Waals surface area contributed by atoms with Gasteiger partial charge in [-0.2, -0.15) is 17.5 Å². The number of carbonyl (C=O) groups excluding carboxylic acids is 1. The molecule has 0 N–H and O–H groups in total. The second kappa shape index (κ2) is 9.60. The van der Waals surface area contributed by atoms with Crippen LogP contribution in [0.5, 0.6) is 0 Å². The van der Waals surface area contributed by atoms with Gasteiger partial charge in [-0.05, 0) is 41.8 Å². The average Bonchev–Trinajstić information content (AvgIpc) is 2.84. The Hall–Kier alpha value is -3.17. The molecule has 1 aliphatic heterocycles. The predicted molar refractivity (Wildman–Crippen MR) is 122 cm³/mol. The molecule has 1 amide bonds. The van der Waals surface area contributed by atoms with E-state index in [2.05, 4.69) is 0 Å². The van der Waals surface area contributed by atoms with E-state index in [1.165, 1.54) is 0 Å². The summed E-state index contributed by atoms with van der Waals surface area (Å²) in [5.41, 5.74) is 1.48. The molecule has 0 unspecified atom stereocenters. The number of alkyl halides is 3. The van der Waals surface area contributed by atoms with E-state index >= 15 is 0 Å². The molecule has 34 heavy (non-hydrogen) atoms. The fourth-order valence-corrected chi connectivity index (χ4v) is 5.45. The molecule has 178 valence electrons. The Kier molecular flexibility index (Phi) is 6.77. The monoisotopic (exact) mass is 488 g/mol. The van der Waals surface area contributed by atoms with Crippen LogP contribution in [0, 0.1) is 0 Å². The molecule has 3 aromatic carbocycles. The number of piperazine rings is 1. The molecular weight excluding hydrogens is 465 g/mol. The minimum Gasteiger partial charge on any atom is -0.336 e. The SMILES string of the molecule is O=C(c1ccccc1Cc1ccccc1)N1CCN(S(=O)(=O)c2cccc(C(F)(F)F)c2)CC1. The number of nitrogens with zero attached hydrogens (tertiary/aromatic N) is 2. The average molecular weight is 489 g/mol. The molecule has 3 aromatic rings. The first kappa shape index (κ1) is 24.0. The molecule has 0 aliphatic carbocycles. The summed E-state index contributed by atoms with van der Waals surface area (Å²) < 4.78 is 66.0. The minimum absolute atomic E-state index is 0.00513. The third kappa shape index (κ3) is 5.15. The maximum absolute atomic E-state index is 13.2. The van der Waals surface area contributed by atoms with Crippen molar-refractivity contribution < 1.29 is 26.4 Å². The zero-order valence-corrected chi connectivity index (χ0v) is 19.0. The number of rotatable bonds is 5. The summed E-state index contributed by atoms with van der Waals surface area (Å²) in [5, 5.41) is 0. The molecule has 1 saturated heterocycles. The molecule has 1 fully saturated rings. The fourth-order valence-electron chi connectivity index (χ4n) is 3.98. The van der Waals surface area contributed by atoms with Crippen molar-refractivity contribution in [3.63, 3.8) is 0 Å². The molecule has 0 radical (unpaired) electrons. The highest BCUT2D eigenvalue weighted by Gasteiger charge is 2.34. The second-order valence-corrected chi connectivity index (χ2v) is 9.98. The molecular formula is C25H23F3N2O3S. The van der Waals surface area contributed by atoms with Gasteiger partial charge >= 0.3 is 6.18 Å². The van der Waals surface area contributed by atoms with Crippen molar-refractivity contribution in [2.24, 2.45) is 0 Å². The highest BCUT2D eigenvalue weighted by Crippen LogP contribution is 2.31. The first-order chi connectivity index (χ1) is 16.2. The Morgan fingerprint density at radius 2 is 1.47 bits per heavy atom. The summed E-state index contributed by atoms with van der Waals surface area (Å²) in [6.45, 7) is 0.309. The summed E-state index contributed by atoms with van der Waals surface area (Å²) >= 11 is 0. The van der Waals surface area contributed by atoms with Crippen LogP contribution in [0.1, 0.15) is 27.0 Å². The quantitative estimate of drug-likeness (QED) is 0.534. The molecule has 0 saturated carbocycles. The van der Waals surface area contributed by atoms with Crippen LogP contribution in [0.3, 0.4) is 0 Å². The van der Waals surface area contributed by atoms with Crippen molar-refractivity contribution in [2.45, 2.75) is 17.5 Å². The summed E-state index contributed by atoms with van der Waals surface area (Å²) in [7, 11) is -4.11. The first-order valence-corrected chi connectivity index (χ1v) is 12.2. The van der Waals surface area contributed by atoms with Crippen molar-refractivity contribution in [1.82, 2.24) is 9.21 Å². The lowest BCUT2D eigenvalue weighted by molar-refractivity contribution is -0.137. The Morgan fingerprint density at radius 1 is 0.824 bits per heavy atom. The molecule has 1 aliphatic rings. The van der Waals surface area contributed by atoms with Crippen LogP contribution >= 0.6 is 0 Å². The molecule has 0 atom stereocenters. The largest absolute Gasteiger partial charge is 0.416 e. The van der Waals surface area contributed by atoms with Gasteiger partial charge in [-0.1, -0.05) is 54.6 Å². The van der Waals surface area contributed by atoms with Crippen LogP contribution in [0.4, 0.5) is 13.2 Å². The van der Waals surface area contributed by atoms with Crippen molar-refractivity contribution >= 4 is 15.9 Å². The van der Waals surface area contributed by atoms with Gasteiger partial charge in [0.05, 0.1) is 10.5 Å². The zero-order valence-electron chi connectivity index (χ0n) is 18.2. The maximum Gasteiger partial charge on any atom is 0.416 e. The molecule has 0 spiro atoms. The Bertz CT molecular complexity index is 1270. The first-order valence-electron chi connectivity index (χ1n) is 10.7. The standard InChI is InChI=1S/C25H23F3N2O3S/c26-25(27,28)21-10-6-11-22(18-21)34(32,33)30-15-13-29(14-16-30)24(31)23-12-5-4-9-20(23)17-19-7-2-1-3-8-19/h1-12,18H,13-17H2. The minimum atomic E-state index is -4.64. The van der Waals surface area contributed by atoms with Crippen LogP contribution in [-0.4, -0.2) is 49.7 Å². The van der Waals surface area contributed by atoms with E-state index in [0.29, 0.717) is 18.1 Å². The van der Waals surface area contributed by atoms with Crippen LogP contribution in [0.25, 0.3) is 0 Å². The van der Waals surface area contributed by atoms with Gasteiger partial charge in [0, 0.05) is 31.7 Å². The Balaban J connectivity index is 1.47. The van der Waals surface area contributed by atoms with Gasteiger partial charge in [0.2, 0.25) is 10.0 Å². The van der Waals surface area contributed by atoms with Crippen molar-refractivity contribution in [1.29, 1.82) is 0 Å². The topological polar surface area (TPSA) is 57.7 Å². The second-order valence-electron chi connectivity index (χ2n) is 8.04. The van der Waals surface area contributed by atoms with Gasteiger partial charge in [0.1, 0.15) is 0 Å². The van der Waals surface area contributed by atoms with Crippen LogP contribution in [0.2, 0.25) is 0 Å². The van der Waals surface area contributed by atoms with E-state index in [4.69, 9.17) is 0 Å². The third-order valence-electron chi connectivity index (χ3n) is 5.81. The van der Waals surface area contributed by atoms with Gasteiger partial charge in [-0.15, -0.1) is 0 Å². The summed E-state index contributed by atoms with van der Waals surface area (Å²) in [5.74, 6) is -0.192. The van der Waals surface area contributed by atoms with E-state index in [0.717, 1.165) is 33.6 Å². The van der Waals surface area contributed by atoms with Crippen LogP contribution in [-0.2, 0) is 22.6 Å². The van der Waals surface area contributed by atoms with Crippen molar-refractivity contribution in [2.75, 3.05) is 26.2 Å². The van der Waals surface area contributed by atoms with Gasteiger partial charge in [0.25, 0.3) is 5.91 Å². The maximum atomic E-state index is 13.2. The molecule has 0 bridgehead atoms. The number of hydrogen-bond donors (Lipinski definition) is 0. The predicted octanol–water partition coefficient (Wildman–Crippen LogP) is 4.44. The van der Waals surface area contributed by atoms with Crippen LogP contribution in [0.15, 0.2) is 83.8 Å². The number of sulfonamides is 1.